The van der Waals surface area contributed by atoms with Gasteiger partial charge in [0.05, 0.1) is 13.2 Å². The Balaban J connectivity index is 1.59. The summed E-state index contributed by atoms with van der Waals surface area (Å²) in [7, 11) is 0. The Hall–Kier alpha value is -1.49. The number of thiocarbonyl (C=S) groups is 1. The zero-order valence-electron chi connectivity index (χ0n) is 24.0. The maximum atomic E-state index is 10.9. The maximum Gasteiger partial charge on any atom is 0.358 e. The van der Waals surface area contributed by atoms with Crippen molar-refractivity contribution in [2.24, 2.45) is 0 Å². The van der Waals surface area contributed by atoms with Gasteiger partial charge in [0.1, 0.15) is 48.5 Å². The van der Waals surface area contributed by atoms with Crippen molar-refractivity contribution in [3.8, 4) is 5.75 Å². The van der Waals surface area contributed by atoms with Gasteiger partial charge in [0, 0.05) is 18.8 Å². The molecule has 0 saturated carbocycles. The van der Waals surface area contributed by atoms with Crippen molar-refractivity contribution in [1.82, 2.24) is 0 Å². The molecule has 0 amide bonds. The third kappa shape index (κ3) is 10.0. The fraction of sp³-hybridized carbons (Fsp3) is 0.759. The highest BCUT2D eigenvalue weighted by molar-refractivity contribution is 7.79. The second kappa shape index (κ2) is 18.3. The lowest BCUT2D eigenvalue weighted by Crippen LogP contribution is -2.65. The maximum absolute atomic E-state index is 10.9. The van der Waals surface area contributed by atoms with Crippen molar-refractivity contribution in [3.05, 3.63) is 30.3 Å². The highest BCUT2D eigenvalue weighted by atomic mass is 32.1. The van der Waals surface area contributed by atoms with E-state index in [1.165, 1.54) is 25.7 Å². The molecule has 42 heavy (non-hydrogen) atoms. The van der Waals surface area contributed by atoms with Crippen LogP contribution in [0.2, 0.25) is 0 Å². The summed E-state index contributed by atoms with van der Waals surface area (Å²) >= 11 is 5.15. The monoisotopic (exact) mass is 618 g/mol. The molecule has 2 aliphatic rings. The molecule has 12 nitrogen and oxygen atoms in total. The SMILES string of the molecule is CCCCCCCCCCO[C@@H]1O[C@H](CO)[C@@H](O[C@H]2O[C@H](CO)[C@@H](O)[C@H](O)[C@H]2OC(=S)Oc2ccccc2)[C@H](O)[C@H]1O. The minimum Gasteiger partial charge on any atom is -0.445 e. The first-order chi connectivity index (χ1) is 20.3. The summed E-state index contributed by atoms with van der Waals surface area (Å²) in [5, 5.41) is 62.1. The van der Waals surface area contributed by atoms with E-state index in [9.17, 15) is 30.6 Å². The number of unbranched alkanes of at least 4 members (excludes halogenated alkanes) is 7. The lowest BCUT2D eigenvalue weighted by atomic mass is 9.97. The van der Waals surface area contributed by atoms with Gasteiger partial charge in [-0.25, -0.2) is 0 Å². The van der Waals surface area contributed by atoms with E-state index < -0.39 is 79.9 Å². The second-order valence-corrected chi connectivity index (χ2v) is 10.9. The van der Waals surface area contributed by atoms with E-state index in [2.05, 4.69) is 6.92 Å². The quantitative estimate of drug-likeness (QED) is 0.115. The third-order valence-corrected chi connectivity index (χ3v) is 7.57. The molecule has 10 atom stereocenters. The van der Waals surface area contributed by atoms with Gasteiger partial charge in [-0.2, -0.15) is 0 Å². The number of para-hydroxylation sites is 1. The molecule has 0 spiro atoms. The van der Waals surface area contributed by atoms with Crippen LogP contribution in [0, 0.1) is 0 Å². The van der Waals surface area contributed by atoms with Crippen molar-refractivity contribution in [3.63, 3.8) is 0 Å². The van der Waals surface area contributed by atoms with Crippen molar-refractivity contribution in [2.45, 2.75) is 120 Å². The summed E-state index contributed by atoms with van der Waals surface area (Å²) in [6.07, 6.45) is -5.47. The van der Waals surface area contributed by atoms with E-state index in [4.69, 9.17) is 40.6 Å². The number of rotatable bonds is 16. The zero-order chi connectivity index (χ0) is 30.5. The van der Waals surface area contributed by atoms with Gasteiger partial charge in [0.2, 0.25) is 0 Å². The van der Waals surface area contributed by atoms with Crippen LogP contribution >= 0.6 is 12.2 Å². The molecule has 2 saturated heterocycles. The van der Waals surface area contributed by atoms with Gasteiger partial charge in [0.25, 0.3) is 0 Å². The summed E-state index contributed by atoms with van der Waals surface area (Å²) in [6, 6.07) is 8.47. The van der Waals surface area contributed by atoms with Crippen LogP contribution in [-0.2, 0) is 23.7 Å². The molecule has 13 heteroatoms. The normalized spacial score (nSPS) is 33.3. The topological polar surface area (TPSA) is 177 Å². The Labute approximate surface area is 252 Å². The fourth-order valence-corrected chi connectivity index (χ4v) is 5.17. The number of hydrogen-bond acceptors (Lipinski definition) is 13. The molecule has 240 valence electrons. The summed E-state index contributed by atoms with van der Waals surface area (Å²) in [6.45, 7) is 1.22. The molecular weight excluding hydrogens is 572 g/mol. The van der Waals surface area contributed by atoms with Gasteiger partial charge in [0.15, 0.2) is 18.7 Å². The molecule has 0 aromatic heterocycles. The number of ether oxygens (including phenoxy) is 6. The van der Waals surface area contributed by atoms with Crippen molar-refractivity contribution < 1.29 is 59.1 Å². The van der Waals surface area contributed by atoms with Gasteiger partial charge < -0.3 is 59.1 Å². The highest BCUT2D eigenvalue weighted by Gasteiger charge is 2.52. The molecule has 2 fully saturated rings. The van der Waals surface area contributed by atoms with Crippen molar-refractivity contribution in [1.29, 1.82) is 0 Å². The number of aliphatic hydroxyl groups excluding tert-OH is 6. The largest absolute Gasteiger partial charge is 0.445 e. The smallest absolute Gasteiger partial charge is 0.358 e. The molecule has 1 aromatic rings. The predicted octanol–water partition coefficient (Wildman–Crippen LogP) is 1.16. The minimum absolute atomic E-state index is 0.301. The van der Waals surface area contributed by atoms with E-state index >= 15 is 0 Å². The molecule has 0 unspecified atom stereocenters. The first kappa shape index (κ1) is 35.0. The first-order valence-electron chi connectivity index (χ1n) is 14.8. The number of hydrogen-bond donors (Lipinski definition) is 6. The van der Waals surface area contributed by atoms with Crippen LogP contribution in [0.4, 0.5) is 0 Å². The van der Waals surface area contributed by atoms with Crippen molar-refractivity contribution >= 4 is 17.5 Å². The summed E-state index contributed by atoms with van der Waals surface area (Å²) in [4.78, 5) is 0. The molecule has 2 heterocycles. The summed E-state index contributed by atoms with van der Waals surface area (Å²) in [5.74, 6) is 0.359. The lowest BCUT2D eigenvalue weighted by molar-refractivity contribution is -0.358. The van der Waals surface area contributed by atoms with E-state index in [-0.39, 0.29) is 0 Å². The average molecular weight is 619 g/mol. The molecule has 6 N–H and O–H groups in total. The van der Waals surface area contributed by atoms with E-state index in [1.807, 2.05) is 0 Å². The van der Waals surface area contributed by atoms with Crippen LogP contribution in [0.25, 0.3) is 0 Å². The van der Waals surface area contributed by atoms with Gasteiger partial charge >= 0.3 is 5.24 Å². The number of aliphatic hydroxyl groups is 6. The van der Waals surface area contributed by atoms with Gasteiger partial charge in [-0.3, -0.25) is 0 Å². The molecule has 0 bridgehead atoms. The second-order valence-electron chi connectivity index (χ2n) is 10.6. The van der Waals surface area contributed by atoms with Crippen LogP contribution in [0.1, 0.15) is 58.3 Å². The Morgan fingerprint density at radius 2 is 1.33 bits per heavy atom. The van der Waals surface area contributed by atoms with Crippen LogP contribution < -0.4 is 4.74 Å². The average Bonchev–Trinajstić information content (AvgIpc) is 2.99. The Morgan fingerprint density at radius 3 is 1.98 bits per heavy atom. The van der Waals surface area contributed by atoms with E-state index in [1.54, 1.807) is 30.3 Å². The molecular formula is C29H46O12S. The van der Waals surface area contributed by atoms with Gasteiger partial charge in [-0.1, -0.05) is 70.1 Å². The number of benzene rings is 1. The van der Waals surface area contributed by atoms with Gasteiger partial charge in [-0.05, 0) is 18.6 Å². The van der Waals surface area contributed by atoms with E-state index in [0.29, 0.717) is 12.4 Å². The summed E-state index contributed by atoms with van der Waals surface area (Å²) in [5.41, 5.74) is 0. The Morgan fingerprint density at radius 1 is 0.738 bits per heavy atom. The lowest BCUT2D eigenvalue weighted by Gasteiger charge is -2.46. The third-order valence-electron chi connectivity index (χ3n) is 7.39. The van der Waals surface area contributed by atoms with Crippen LogP contribution in [0.5, 0.6) is 5.75 Å². The molecule has 2 aliphatic heterocycles. The standard InChI is InChI=1S/C29H46O12S/c1-2-3-4-5-6-7-8-12-15-36-27-24(35)23(34)25(20(17-31)39-27)40-28-26(22(33)21(32)19(16-30)38-28)41-29(42)37-18-13-10-9-11-14-18/h9-11,13-14,19-28,30-35H,2-8,12,15-17H2,1H3/t19-,20-,21-,22+,23-,24-,25-,26-,27-,28-/m1/s1. The van der Waals surface area contributed by atoms with E-state index in [0.717, 1.165) is 25.7 Å². The van der Waals surface area contributed by atoms with Crippen LogP contribution in [0.15, 0.2) is 30.3 Å². The zero-order valence-corrected chi connectivity index (χ0v) is 24.8. The molecule has 1 aromatic carbocycles. The Kier molecular flexibility index (Phi) is 15.3. The molecule has 0 radical (unpaired) electrons. The fourth-order valence-electron chi connectivity index (χ4n) is 4.96. The van der Waals surface area contributed by atoms with Crippen molar-refractivity contribution in [2.75, 3.05) is 19.8 Å². The van der Waals surface area contributed by atoms with Gasteiger partial charge in [-0.15, -0.1) is 0 Å². The predicted molar refractivity (Wildman–Crippen MR) is 153 cm³/mol. The van der Waals surface area contributed by atoms with Crippen LogP contribution in [-0.4, -0.2) is 117 Å². The minimum atomic E-state index is -1.65. The Bertz CT molecular complexity index is 893. The summed E-state index contributed by atoms with van der Waals surface area (Å²) < 4.78 is 34.0. The first-order valence-corrected chi connectivity index (χ1v) is 15.2. The highest BCUT2D eigenvalue weighted by Crippen LogP contribution is 2.31. The molecule has 0 aliphatic carbocycles. The van der Waals surface area contributed by atoms with Crippen LogP contribution in [0.3, 0.4) is 0 Å². The molecule has 3 rings (SSSR count).